The monoisotopic (exact) mass is 473 g/mol. The summed E-state index contributed by atoms with van der Waals surface area (Å²) < 4.78 is 47.4. The Hall–Kier alpha value is -2.82. The van der Waals surface area contributed by atoms with E-state index in [1.165, 1.54) is 11.0 Å². The van der Waals surface area contributed by atoms with E-state index in [1.807, 2.05) is 30.3 Å². The van der Waals surface area contributed by atoms with E-state index in [2.05, 4.69) is 4.74 Å². The van der Waals surface area contributed by atoms with Crippen molar-refractivity contribution in [2.45, 2.75) is 18.8 Å². The molecule has 1 heterocycles. The minimum absolute atomic E-state index is 0. The van der Waals surface area contributed by atoms with Crippen molar-refractivity contribution in [3.63, 3.8) is 0 Å². The topological polar surface area (TPSA) is 85.1 Å². The normalized spacial score (nSPS) is 16.1. The molecule has 0 bridgehead atoms. The molecule has 0 spiro atoms. The molecule has 32 heavy (non-hydrogen) atoms. The first-order chi connectivity index (χ1) is 14.8. The van der Waals surface area contributed by atoms with Crippen LogP contribution in [0.3, 0.4) is 0 Å². The molecule has 174 valence electrons. The molecule has 0 radical (unpaired) electrons. The highest BCUT2D eigenvalue weighted by Gasteiger charge is 2.36. The molecule has 0 saturated carbocycles. The number of carbonyl (C=O) groups excluding carboxylic acids is 2. The Bertz CT molecular complexity index is 915. The van der Waals surface area contributed by atoms with Gasteiger partial charge in [0.05, 0.1) is 31.1 Å². The largest absolute Gasteiger partial charge is 0.439 e. The van der Waals surface area contributed by atoms with Crippen molar-refractivity contribution in [2.24, 2.45) is 5.73 Å². The van der Waals surface area contributed by atoms with Crippen LogP contribution in [-0.4, -0.2) is 50.5 Å². The quantitative estimate of drug-likeness (QED) is 0.649. The van der Waals surface area contributed by atoms with E-state index in [-0.39, 0.29) is 37.8 Å². The molecule has 1 aliphatic heterocycles. The van der Waals surface area contributed by atoms with Crippen LogP contribution in [0.1, 0.15) is 5.56 Å². The zero-order valence-corrected chi connectivity index (χ0v) is 17.8. The summed E-state index contributed by atoms with van der Waals surface area (Å²) in [5, 5.41) is 0. The van der Waals surface area contributed by atoms with Crippen molar-refractivity contribution >= 4 is 35.8 Å². The summed E-state index contributed by atoms with van der Waals surface area (Å²) in [6.45, 7) is -1.34. The van der Waals surface area contributed by atoms with Crippen molar-refractivity contribution < 1.29 is 32.2 Å². The SMILES string of the molecule is Cl.NC1CN(C(=O)OCC(F)(F)F)c2ccccc2N(CCOCc2ccccc2)C1=O. The number of halogens is 4. The number of hydrogen-bond donors (Lipinski definition) is 1. The molecule has 1 atom stereocenters. The third-order valence-corrected chi connectivity index (χ3v) is 4.58. The summed E-state index contributed by atoms with van der Waals surface area (Å²) >= 11 is 0. The van der Waals surface area contributed by atoms with E-state index in [1.54, 1.807) is 18.2 Å². The number of alkyl halides is 3. The minimum Gasteiger partial charge on any atom is -0.439 e. The van der Waals surface area contributed by atoms with Crippen molar-refractivity contribution in [1.29, 1.82) is 0 Å². The van der Waals surface area contributed by atoms with E-state index < -0.39 is 30.8 Å². The Morgan fingerprint density at radius 1 is 1.06 bits per heavy atom. The van der Waals surface area contributed by atoms with Crippen molar-refractivity contribution in [2.75, 3.05) is 36.1 Å². The van der Waals surface area contributed by atoms with Gasteiger partial charge in [-0.1, -0.05) is 42.5 Å². The number of para-hydroxylation sites is 2. The molecule has 3 rings (SSSR count). The second-order valence-electron chi connectivity index (χ2n) is 6.90. The minimum atomic E-state index is -4.67. The lowest BCUT2D eigenvalue weighted by molar-refractivity contribution is -0.159. The van der Waals surface area contributed by atoms with E-state index in [4.69, 9.17) is 10.5 Å². The van der Waals surface area contributed by atoms with Gasteiger partial charge in [0.15, 0.2) is 6.61 Å². The zero-order valence-electron chi connectivity index (χ0n) is 17.0. The van der Waals surface area contributed by atoms with E-state index in [0.717, 1.165) is 10.5 Å². The van der Waals surface area contributed by atoms with Gasteiger partial charge in [0.1, 0.15) is 6.04 Å². The van der Waals surface area contributed by atoms with E-state index >= 15 is 0 Å². The summed E-state index contributed by atoms with van der Waals surface area (Å²) in [4.78, 5) is 27.5. The van der Waals surface area contributed by atoms with Crippen LogP contribution in [0.25, 0.3) is 0 Å². The first kappa shape index (κ1) is 25.4. The lowest BCUT2D eigenvalue weighted by atomic mass is 10.2. The second-order valence-corrected chi connectivity index (χ2v) is 6.90. The number of ether oxygens (including phenoxy) is 2. The number of anilines is 2. The Balaban J connectivity index is 0.00000363. The lowest BCUT2D eigenvalue weighted by Crippen LogP contribution is -2.49. The highest BCUT2D eigenvalue weighted by Crippen LogP contribution is 2.33. The summed E-state index contributed by atoms with van der Waals surface area (Å²) in [5.74, 6) is -0.470. The summed E-state index contributed by atoms with van der Waals surface area (Å²) in [6, 6.07) is 14.7. The smallest absolute Gasteiger partial charge is 0.422 e. The van der Waals surface area contributed by atoms with Gasteiger partial charge in [0, 0.05) is 6.54 Å². The third-order valence-electron chi connectivity index (χ3n) is 4.58. The molecule has 7 nitrogen and oxygen atoms in total. The van der Waals surface area contributed by atoms with Gasteiger partial charge in [-0.25, -0.2) is 4.79 Å². The van der Waals surface area contributed by atoms with E-state index in [0.29, 0.717) is 12.3 Å². The first-order valence-corrected chi connectivity index (χ1v) is 9.55. The molecule has 11 heteroatoms. The van der Waals surface area contributed by atoms with Gasteiger partial charge in [0.2, 0.25) is 5.91 Å². The number of amides is 2. The van der Waals surface area contributed by atoms with Crippen LogP contribution in [-0.2, 0) is 20.9 Å². The molecular formula is C21H23ClF3N3O4. The number of hydrogen-bond acceptors (Lipinski definition) is 5. The van der Waals surface area contributed by atoms with Gasteiger partial charge in [-0.3, -0.25) is 9.69 Å². The molecule has 0 fully saturated rings. The number of rotatable bonds is 6. The van der Waals surface area contributed by atoms with Crippen LogP contribution in [0, 0.1) is 0 Å². The number of benzene rings is 2. The fourth-order valence-electron chi connectivity index (χ4n) is 3.16. The average Bonchev–Trinajstić information content (AvgIpc) is 2.85. The predicted octanol–water partition coefficient (Wildman–Crippen LogP) is 3.50. The molecule has 0 aliphatic carbocycles. The van der Waals surface area contributed by atoms with E-state index in [9.17, 15) is 22.8 Å². The maximum Gasteiger partial charge on any atom is 0.422 e. The standard InChI is InChI=1S/C21H22F3N3O4.ClH/c22-21(23,24)14-31-20(29)27-12-16(25)19(28)26(17-8-4-5-9-18(17)27)10-11-30-13-15-6-2-1-3-7-15;/h1-9,16H,10-14,25H2;1H. The molecule has 2 amide bonds. The van der Waals surface area contributed by atoms with Crippen LogP contribution in [0.4, 0.5) is 29.3 Å². The number of nitrogens with two attached hydrogens (primary N) is 1. The summed E-state index contributed by atoms with van der Waals surface area (Å²) in [7, 11) is 0. The Labute approximate surface area is 189 Å². The zero-order chi connectivity index (χ0) is 22.4. The number of fused-ring (bicyclic) bond motifs is 1. The highest BCUT2D eigenvalue weighted by molar-refractivity contribution is 6.05. The molecule has 0 saturated heterocycles. The lowest BCUT2D eigenvalue weighted by Gasteiger charge is -2.25. The maximum atomic E-state index is 12.8. The van der Waals surface area contributed by atoms with Gasteiger partial charge < -0.3 is 20.1 Å². The maximum absolute atomic E-state index is 12.8. The van der Waals surface area contributed by atoms with Gasteiger partial charge in [0.25, 0.3) is 0 Å². The fraction of sp³-hybridized carbons (Fsp3) is 0.333. The van der Waals surface area contributed by atoms with Crippen LogP contribution >= 0.6 is 12.4 Å². The molecular weight excluding hydrogens is 451 g/mol. The van der Waals surface area contributed by atoms with Gasteiger partial charge in [-0.05, 0) is 17.7 Å². The van der Waals surface area contributed by atoms with Gasteiger partial charge in [-0.15, -0.1) is 12.4 Å². The van der Waals surface area contributed by atoms with Crippen molar-refractivity contribution in [3.8, 4) is 0 Å². The van der Waals surface area contributed by atoms with Gasteiger partial charge in [-0.2, -0.15) is 13.2 Å². The highest BCUT2D eigenvalue weighted by atomic mass is 35.5. The molecule has 2 aromatic rings. The van der Waals surface area contributed by atoms with Crippen molar-refractivity contribution in [3.05, 3.63) is 60.2 Å². The first-order valence-electron chi connectivity index (χ1n) is 9.55. The van der Waals surface area contributed by atoms with Crippen LogP contribution in [0.2, 0.25) is 0 Å². The van der Waals surface area contributed by atoms with Crippen LogP contribution in [0.5, 0.6) is 0 Å². The molecule has 1 aliphatic rings. The summed E-state index contributed by atoms with van der Waals surface area (Å²) in [6.07, 6.45) is -5.89. The van der Waals surface area contributed by atoms with Crippen LogP contribution < -0.4 is 15.5 Å². The fourth-order valence-corrected chi connectivity index (χ4v) is 3.16. The van der Waals surface area contributed by atoms with Gasteiger partial charge >= 0.3 is 12.3 Å². The molecule has 2 aromatic carbocycles. The van der Waals surface area contributed by atoms with Crippen LogP contribution in [0.15, 0.2) is 54.6 Å². The summed E-state index contributed by atoms with van der Waals surface area (Å²) in [5.41, 5.74) is 7.50. The van der Waals surface area contributed by atoms with Crippen molar-refractivity contribution in [1.82, 2.24) is 0 Å². The Kier molecular flexibility index (Phi) is 8.88. The third kappa shape index (κ3) is 6.59. The number of carbonyl (C=O) groups is 2. The second kappa shape index (κ2) is 11.2. The number of nitrogens with zero attached hydrogens (tertiary/aromatic N) is 2. The Morgan fingerprint density at radius 2 is 1.69 bits per heavy atom. The molecule has 2 N–H and O–H groups in total. The Morgan fingerprint density at radius 3 is 2.34 bits per heavy atom. The molecule has 1 unspecified atom stereocenters. The molecule has 0 aromatic heterocycles. The average molecular weight is 474 g/mol. The predicted molar refractivity (Wildman–Crippen MR) is 115 cm³/mol.